The molecule has 0 aliphatic heterocycles. The number of aromatic nitrogens is 1. The molecule has 2 atom stereocenters. The number of rotatable bonds is 4. The molecule has 0 saturated heterocycles. The maximum atomic E-state index is 12.8. The molecule has 0 radical (unpaired) electrons. The summed E-state index contributed by atoms with van der Waals surface area (Å²) in [6.45, 7) is 12.9. The standard InChI is InChI=1S/C27H35N3O/c1-18-9-7-8-10-25(18)29-26(31)22(17-28)16-21-15-19(2)30(20(21)3)24-13-11-23(12-14-24)27(4,5)6/h11-16,18,25H,7-10H2,1-6H3,(H,29,31)/b22-16+/t18-,25-/m1/s1. The number of amides is 1. The van der Waals surface area contributed by atoms with Crippen LogP contribution in [-0.4, -0.2) is 16.5 Å². The summed E-state index contributed by atoms with van der Waals surface area (Å²) in [7, 11) is 0. The lowest BCUT2D eigenvalue weighted by Crippen LogP contribution is -2.41. The fourth-order valence-corrected chi connectivity index (χ4v) is 4.52. The summed E-state index contributed by atoms with van der Waals surface area (Å²) in [5, 5.41) is 12.8. The number of nitrogens with one attached hydrogen (secondary N) is 1. The second kappa shape index (κ2) is 9.14. The maximum Gasteiger partial charge on any atom is 0.262 e. The monoisotopic (exact) mass is 417 g/mol. The second-order valence-corrected chi connectivity index (χ2v) is 9.97. The van der Waals surface area contributed by atoms with Crippen molar-refractivity contribution in [1.29, 1.82) is 5.26 Å². The Labute approximate surface area is 187 Å². The van der Waals surface area contributed by atoms with Crippen LogP contribution in [-0.2, 0) is 10.2 Å². The highest BCUT2D eigenvalue weighted by Crippen LogP contribution is 2.27. The van der Waals surface area contributed by atoms with Gasteiger partial charge in [0.1, 0.15) is 11.6 Å². The number of nitriles is 1. The lowest BCUT2D eigenvalue weighted by atomic mass is 9.86. The third-order valence-electron chi connectivity index (χ3n) is 6.55. The third kappa shape index (κ3) is 5.10. The number of hydrogen-bond donors (Lipinski definition) is 1. The quantitative estimate of drug-likeness (QED) is 0.490. The fourth-order valence-electron chi connectivity index (χ4n) is 4.52. The predicted molar refractivity (Wildman–Crippen MR) is 127 cm³/mol. The lowest BCUT2D eigenvalue weighted by molar-refractivity contribution is -0.118. The zero-order chi connectivity index (χ0) is 22.8. The average molecular weight is 418 g/mol. The summed E-state index contributed by atoms with van der Waals surface area (Å²) < 4.78 is 2.17. The summed E-state index contributed by atoms with van der Waals surface area (Å²) >= 11 is 0. The van der Waals surface area contributed by atoms with Gasteiger partial charge in [-0.05, 0) is 73.4 Å². The Morgan fingerprint density at radius 2 is 1.81 bits per heavy atom. The number of benzene rings is 1. The minimum atomic E-state index is -0.263. The molecule has 1 heterocycles. The van der Waals surface area contributed by atoms with E-state index in [1.165, 1.54) is 12.0 Å². The first-order valence-corrected chi connectivity index (χ1v) is 11.3. The topological polar surface area (TPSA) is 57.8 Å². The lowest BCUT2D eigenvalue weighted by Gasteiger charge is -2.29. The van der Waals surface area contributed by atoms with E-state index in [0.29, 0.717) is 5.92 Å². The molecule has 0 unspecified atom stereocenters. The molecule has 2 aromatic rings. The van der Waals surface area contributed by atoms with Crippen molar-refractivity contribution in [3.8, 4) is 11.8 Å². The highest BCUT2D eigenvalue weighted by Gasteiger charge is 2.24. The zero-order valence-electron chi connectivity index (χ0n) is 19.7. The van der Waals surface area contributed by atoms with Crippen LogP contribution < -0.4 is 5.32 Å². The summed E-state index contributed by atoms with van der Waals surface area (Å²) in [6, 6.07) is 12.9. The highest BCUT2D eigenvalue weighted by molar-refractivity contribution is 6.02. The molecule has 4 nitrogen and oxygen atoms in total. The van der Waals surface area contributed by atoms with E-state index >= 15 is 0 Å². The van der Waals surface area contributed by atoms with Crippen molar-refractivity contribution >= 4 is 12.0 Å². The average Bonchev–Trinajstić information content (AvgIpc) is 3.00. The van der Waals surface area contributed by atoms with E-state index in [1.54, 1.807) is 6.08 Å². The Morgan fingerprint density at radius 1 is 1.16 bits per heavy atom. The van der Waals surface area contributed by atoms with Crippen molar-refractivity contribution in [2.75, 3.05) is 0 Å². The number of carbonyl (C=O) groups excluding carboxylic acids is 1. The van der Waals surface area contributed by atoms with Gasteiger partial charge in [0.05, 0.1) is 0 Å². The number of aryl methyl sites for hydroxylation is 1. The van der Waals surface area contributed by atoms with Gasteiger partial charge >= 0.3 is 0 Å². The van der Waals surface area contributed by atoms with Gasteiger partial charge < -0.3 is 9.88 Å². The Morgan fingerprint density at radius 3 is 2.39 bits per heavy atom. The van der Waals surface area contributed by atoms with Crippen LogP contribution in [0.5, 0.6) is 0 Å². The molecule has 1 N–H and O–H groups in total. The van der Waals surface area contributed by atoms with E-state index < -0.39 is 0 Å². The largest absolute Gasteiger partial charge is 0.348 e. The number of hydrogen-bond acceptors (Lipinski definition) is 2. The van der Waals surface area contributed by atoms with Gasteiger partial charge in [-0.2, -0.15) is 5.26 Å². The van der Waals surface area contributed by atoms with Crippen LogP contribution >= 0.6 is 0 Å². The molecule has 1 aliphatic rings. The van der Waals surface area contributed by atoms with Crippen LogP contribution in [0, 0.1) is 31.1 Å². The van der Waals surface area contributed by atoms with Crippen LogP contribution in [0.25, 0.3) is 11.8 Å². The normalized spacial score (nSPS) is 19.7. The molecule has 0 spiro atoms. The molecule has 1 aromatic heterocycles. The Hall–Kier alpha value is -2.80. The van der Waals surface area contributed by atoms with Gasteiger partial charge in [0, 0.05) is 23.1 Å². The van der Waals surface area contributed by atoms with E-state index in [1.807, 2.05) is 13.0 Å². The molecule has 1 aliphatic carbocycles. The van der Waals surface area contributed by atoms with Gasteiger partial charge in [0.15, 0.2) is 0 Å². The van der Waals surface area contributed by atoms with Gasteiger partial charge in [0.25, 0.3) is 5.91 Å². The van der Waals surface area contributed by atoms with E-state index in [9.17, 15) is 10.1 Å². The molecule has 1 aromatic carbocycles. The summed E-state index contributed by atoms with van der Waals surface area (Å²) in [5.74, 6) is 0.194. The van der Waals surface area contributed by atoms with Crippen LogP contribution in [0.3, 0.4) is 0 Å². The second-order valence-electron chi connectivity index (χ2n) is 9.97. The molecule has 1 fully saturated rings. The van der Waals surface area contributed by atoms with Gasteiger partial charge in [-0.25, -0.2) is 0 Å². The van der Waals surface area contributed by atoms with Gasteiger partial charge in [-0.3, -0.25) is 4.79 Å². The van der Waals surface area contributed by atoms with Crippen molar-refractivity contribution in [2.24, 2.45) is 5.92 Å². The molecular weight excluding hydrogens is 382 g/mol. The number of nitrogens with zero attached hydrogens (tertiary/aromatic N) is 2. The molecule has 1 saturated carbocycles. The van der Waals surface area contributed by atoms with Crippen molar-refractivity contribution < 1.29 is 4.79 Å². The Kier molecular flexibility index (Phi) is 6.74. The molecule has 0 bridgehead atoms. The molecule has 164 valence electrons. The van der Waals surface area contributed by atoms with E-state index in [0.717, 1.165) is 41.9 Å². The summed E-state index contributed by atoms with van der Waals surface area (Å²) in [4.78, 5) is 12.8. The Balaban J connectivity index is 1.87. The van der Waals surface area contributed by atoms with Crippen LogP contribution in [0.4, 0.5) is 0 Å². The van der Waals surface area contributed by atoms with Crippen molar-refractivity contribution in [1.82, 2.24) is 9.88 Å². The van der Waals surface area contributed by atoms with Crippen LogP contribution in [0.2, 0.25) is 0 Å². The molecule has 1 amide bonds. The third-order valence-corrected chi connectivity index (χ3v) is 6.55. The fraction of sp³-hybridized carbons (Fsp3) is 0.481. The Bertz CT molecular complexity index is 1010. The summed E-state index contributed by atoms with van der Waals surface area (Å²) in [6.07, 6.45) is 6.20. The van der Waals surface area contributed by atoms with E-state index in [4.69, 9.17) is 0 Å². The van der Waals surface area contributed by atoms with Gasteiger partial charge in [0.2, 0.25) is 0 Å². The molecule has 3 rings (SSSR count). The molecule has 31 heavy (non-hydrogen) atoms. The smallest absolute Gasteiger partial charge is 0.262 e. The van der Waals surface area contributed by atoms with Crippen molar-refractivity contribution in [3.05, 3.63) is 58.4 Å². The molecular formula is C27H35N3O. The predicted octanol–water partition coefficient (Wildman–Crippen LogP) is 5.99. The SMILES string of the molecule is Cc1cc(/C=C(\C#N)C(=O)N[C@@H]2CCCC[C@H]2C)c(C)n1-c1ccc(C(C)(C)C)cc1. The molecule has 4 heteroatoms. The first kappa shape index (κ1) is 22.9. The first-order valence-electron chi connectivity index (χ1n) is 11.3. The van der Waals surface area contributed by atoms with Gasteiger partial charge in [-0.15, -0.1) is 0 Å². The highest BCUT2D eigenvalue weighted by atomic mass is 16.1. The first-order chi connectivity index (χ1) is 14.6. The van der Waals surface area contributed by atoms with E-state index in [-0.39, 0.29) is 22.9 Å². The zero-order valence-corrected chi connectivity index (χ0v) is 19.7. The van der Waals surface area contributed by atoms with E-state index in [2.05, 4.69) is 74.8 Å². The minimum absolute atomic E-state index is 0.109. The van der Waals surface area contributed by atoms with Crippen molar-refractivity contribution in [3.63, 3.8) is 0 Å². The minimum Gasteiger partial charge on any atom is -0.348 e. The van der Waals surface area contributed by atoms with Crippen LogP contribution in [0.15, 0.2) is 35.9 Å². The number of carbonyl (C=O) groups is 1. The van der Waals surface area contributed by atoms with Gasteiger partial charge in [-0.1, -0.05) is 52.7 Å². The van der Waals surface area contributed by atoms with Crippen LogP contribution in [0.1, 0.15) is 75.9 Å². The van der Waals surface area contributed by atoms with Crippen molar-refractivity contribution in [2.45, 2.75) is 78.7 Å². The maximum absolute atomic E-state index is 12.8. The summed E-state index contributed by atoms with van der Waals surface area (Å²) in [5.41, 5.74) is 5.65.